The van der Waals surface area contributed by atoms with Crippen molar-refractivity contribution < 1.29 is 4.74 Å². The fourth-order valence-electron chi connectivity index (χ4n) is 2.67. The van der Waals surface area contributed by atoms with Crippen LogP contribution in [0.25, 0.3) is 5.69 Å². The first kappa shape index (κ1) is 17.4. The van der Waals surface area contributed by atoms with Crippen molar-refractivity contribution in [1.82, 2.24) is 25.0 Å². The summed E-state index contributed by atoms with van der Waals surface area (Å²) in [6.07, 6.45) is 4.23. The van der Waals surface area contributed by atoms with Crippen LogP contribution in [0, 0.1) is 0 Å². The van der Waals surface area contributed by atoms with Crippen LogP contribution in [0.2, 0.25) is 0 Å². The van der Waals surface area contributed by atoms with Crippen molar-refractivity contribution in [3.8, 4) is 5.69 Å². The van der Waals surface area contributed by atoms with E-state index in [-0.39, 0.29) is 0 Å². The van der Waals surface area contributed by atoms with Gasteiger partial charge in [-0.15, -0.1) is 0 Å². The molecule has 0 bridgehead atoms. The van der Waals surface area contributed by atoms with Crippen molar-refractivity contribution in [2.24, 2.45) is 10.7 Å². The summed E-state index contributed by atoms with van der Waals surface area (Å²) in [5.41, 5.74) is 8.00. The molecule has 0 amide bonds. The summed E-state index contributed by atoms with van der Waals surface area (Å²) in [6, 6.07) is 8.02. The van der Waals surface area contributed by atoms with E-state index in [0.29, 0.717) is 12.5 Å². The highest BCUT2D eigenvalue weighted by Gasteiger charge is 2.08. The summed E-state index contributed by atoms with van der Waals surface area (Å²) in [4.78, 5) is 10.7. The Morgan fingerprint density at radius 3 is 2.76 bits per heavy atom. The number of hydrogen-bond acceptors (Lipinski definition) is 5. The Balaban J connectivity index is 1.37. The fourth-order valence-corrected chi connectivity index (χ4v) is 2.67. The molecule has 3 N–H and O–H groups in total. The summed E-state index contributed by atoms with van der Waals surface area (Å²) in [5, 5.41) is 7.28. The van der Waals surface area contributed by atoms with Crippen molar-refractivity contribution >= 4 is 5.96 Å². The van der Waals surface area contributed by atoms with Gasteiger partial charge in [0.05, 0.1) is 25.4 Å². The molecule has 3 rings (SSSR count). The van der Waals surface area contributed by atoms with Gasteiger partial charge in [0, 0.05) is 19.6 Å². The molecule has 0 atom stereocenters. The second-order valence-corrected chi connectivity index (χ2v) is 5.94. The molecule has 8 nitrogen and oxygen atoms in total. The van der Waals surface area contributed by atoms with E-state index in [4.69, 9.17) is 10.5 Å². The SMILES string of the molecule is NC(=NCc1ccc(-n2cncn2)cc1)NCCCN1CCOCC1. The third-order valence-corrected chi connectivity index (χ3v) is 4.11. The number of nitrogens with one attached hydrogen (secondary N) is 1. The highest BCUT2D eigenvalue weighted by molar-refractivity contribution is 5.77. The molecule has 8 heteroatoms. The van der Waals surface area contributed by atoms with Gasteiger partial charge in [0.25, 0.3) is 0 Å². The zero-order chi connectivity index (χ0) is 17.3. The molecule has 0 saturated carbocycles. The third kappa shape index (κ3) is 5.54. The standard InChI is InChI=1S/C17H25N7O/c18-17(20-6-1-7-23-8-10-25-11-9-23)21-12-15-2-4-16(5-3-15)24-14-19-13-22-24/h2-5,13-14H,1,6-12H2,(H3,18,20,21). The van der Waals surface area contributed by atoms with E-state index in [1.54, 1.807) is 11.0 Å². The fraction of sp³-hybridized carbons (Fsp3) is 0.471. The lowest BCUT2D eigenvalue weighted by molar-refractivity contribution is 0.0376. The van der Waals surface area contributed by atoms with Crippen LogP contribution < -0.4 is 11.1 Å². The molecule has 1 aliphatic heterocycles. The number of aromatic nitrogens is 3. The maximum atomic E-state index is 5.93. The molecule has 0 aliphatic carbocycles. The van der Waals surface area contributed by atoms with Crippen molar-refractivity contribution in [3.05, 3.63) is 42.5 Å². The molecule has 1 aliphatic rings. The van der Waals surface area contributed by atoms with E-state index in [2.05, 4.69) is 25.3 Å². The number of benzene rings is 1. The topological polar surface area (TPSA) is 93.6 Å². The van der Waals surface area contributed by atoms with Crippen LogP contribution >= 0.6 is 0 Å². The van der Waals surface area contributed by atoms with Gasteiger partial charge in [-0.3, -0.25) is 4.90 Å². The molecule has 134 valence electrons. The summed E-state index contributed by atoms with van der Waals surface area (Å²) in [7, 11) is 0. The number of aliphatic imine (C=N–C) groups is 1. The molecule has 0 spiro atoms. The summed E-state index contributed by atoms with van der Waals surface area (Å²) in [5.74, 6) is 0.488. The van der Waals surface area contributed by atoms with Gasteiger partial charge in [0.2, 0.25) is 0 Å². The van der Waals surface area contributed by atoms with E-state index < -0.39 is 0 Å². The van der Waals surface area contributed by atoms with E-state index >= 15 is 0 Å². The van der Waals surface area contributed by atoms with Crippen molar-refractivity contribution in [2.45, 2.75) is 13.0 Å². The number of nitrogens with zero attached hydrogens (tertiary/aromatic N) is 5. The first-order chi connectivity index (χ1) is 12.3. The number of nitrogens with two attached hydrogens (primary N) is 1. The maximum Gasteiger partial charge on any atom is 0.188 e. The Bertz CT molecular complexity index is 648. The van der Waals surface area contributed by atoms with Crippen molar-refractivity contribution in [3.63, 3.8) is 0 Å². The quantitative estimate of drug-likeness (QED) is 0.429. The van der Waals surface area contributed by atoms with Crippen LogP contribution in [0.3, 0.4) is 0 Å². The van der Waals surface area contributed by atoms with Crippen LogP contribution in [-0.2, 0) is 11.3 Å². The second-order valence-electron chi connectivity index (χ2n) is 5.94. The molecule has 1 saturated heterocycles. The molecule has 0 unspecified atom stereocenters. The molecule has 0 radical (unpaired) electrons. The highest BCUT2D eigenvalue weighted by atomic mass is 16.5. The average Bonchev–Trinajstić information content (AvgIpc) is 3.20. The van der Waals surface area contributed by atoms with Gasteiger partial charge < -0.3 is 15.8 Å². The number of guanidine groups is 1. The number of morpholine rings is 1. The lowest BCUT2D eigenvalue weighted by atomic mass is 10.2. The smallest absolute Gasteiger partial charge is 0.188 e. The largest absolute Gasteiger partial charge is 0.379 e. The average molecular weight is 343 g/mol. The normalized spacial score (nSPS) is 16.1. The summed E-state index contributed by atoms with van der Waals surface area (Å²) in [6.45, 7) is 6.17. The van der Waals surface area contributed by atoms with Crippen LogP contribution in [-0.4, -0.2) is 65.0 Å². The Morgan fingerprint density at radius 2 is 2.04 bits per heavy atom. The van der Waals surface area contributed by atoms with E-state index in [1.165, 1.54) is 6.33 Å². The maximum absolute atomic E-state index is 5.93. The van der Waals surface area contributed by atoms with E-state index in [1.807, 2.05) is 24.3 Å². The Kier molecular flexibility index (Phi) is 6.35. The lowest BCUT2D eigenvalue weighted by Crippen LogP contribution is -2.39. The predicted octanol–water partition coefficient (Wildman–Crippen LogP) is 0.394. The monoisotopic (exact) mass is 343 g/mol. The van der Waals surface area contributed by atoms with Gasteiger partial charge >= 0.3 is 0 Å². The first-order valence-electron chi connectivity index (χ1n) is 8.59. The Labute approximate surface area is 147 Å². The van der Waals surface area contributed by atoms with Gasteiger partial charge in [0.1, 0.15) is 12.7 Å². The van der Waals surface area contributed by atoms with Gasteiger partial charge in [0.15, 0.2) is 5.96 Å². The van der Waals surface area contributed by atoms with Crippen LogP contribution in [0.15, 0.2) is 41.9 Å². The number of ether oxygens (including phenoxy) is 1. The van der Waals surface area contributed by atoms with Crippen LogP contribution in [0.5, 0.6) is 0 Å². The zero-order valence-corrected chi connectivity index (χ0v) is 14.3. The number of rotatable bonds is 7. The molecular formula is C17H25N7O. The van der Waals surface area contributed by atoms with Gasteiger partial charge in [-0.25, -0.2) is 14.7 Å². The zero-order valence-electron chi connectivity index (χ0n) is 14.3. The Hall–Kier alpha value is -2.45. The lowest BCUT2D eigenvalue weighted by Gasteiger charge is -2.26. The Morgan fingerprint density at radius 1 is 1.24 bits per heavy atom. The minimum atomic E-state index is 0.488. The summed E-state index contributed by atoms with van der Waals surface area (Å²) >= 11 is 0. The van der Waals surface area contributed by atoms with Gasteiger partial charge in [-0.2, -0.15) is 5.10 Å². The molecule has 2 heterocycles. The van der Waals surface area contributed by atoms with Gasteiger partial charge in [-0.1, -0.05) is 12.1 Å². The van der Waals surface area contributed by atoms with Crippen LogP contribution in [0.4, 0.5) is 0 Å². The summed E-state index contributed by atoms with van der Waals surface area (Å²) < 4.78 is 7.06. The molecule has 1 aromatic heterocycles. The molecule has 2 aromatic rings. The molecule has 1 aromatic carbocycles. The first-order valence-corrected chi connectivity index (χ1v) is 8.59. The highest BCUT2D eigenvalue weighted by Crippen LogP contribution is 2.08. The van der Waals surface area contributed by atoms with Gasteiger partial charge in [-0.05, 0) is 30.7 Å². The minimum Gasteiger partial charge on any atom is -0.379 e. The molecule has 25 heavy (non-hydrogen) atoms. The molecular weight excluding hydrogens is 318 g/mol. The van der Waals surface area contributed by atoms with Crippen molar-refractivity contribution in [1.29, 1.82) is 0 Å². The predicted molar refractivity (Wildman–Crippen MR) is 96.6 cm³/mol. The minimum absolute atomic E-state index is 0.488. The third-order valence-electron chi connectivity index (χ3n) is 4.11. The van der Waals surface area contributed by atoms with Crippen LogP contribution in [0.1, 0.15) is 12.0 Å². The molecule has 1 fully saturated rings. The second kappa shape index (κ2) is 9.14. The van der Waals surface area contributed by atoms with E-state index in [9.17, 15) is 0 Å². The van der Waals surface area contributed by atoms with Crippen molar-refractivity contribution in [2.75, 3.05) is 39.4 Å². The number of hydrogen-bond donors (Lipinski definition) is 2. The van der Waals surface area contributed by atoms with E-state index in [0.717, 1.165) is 57.1 Å².